The molecule has 0 radical (unpaired) electrons. The molecule has 2 aromatic heterocycles. The van der Waals surface area contributed by atoms with Gasteiger partial charge in [0.1, 0.15) is 11.4 Å². The third-order valence-corrected chi connectivity index (χ3v) is 2.32. The number of rotatable bonds is 4. The summed E-state index contributed by atoms with van der Waals surface area (Å²) < 4.78 is 4.68. The van der Waals surface area contributed by atoms with E-state index in [1.807, 2.05) is 6.92 Å². The number of carbonyl (C=O) groups is 1. The van der Waals surface area contributed by atoms with Crippen LogP contribution in [0.5, 0.6) is 0 Å². The first-order valence-electron chi connectivity index (χ1n) is 5.25. The largest absolute Gasteiger partial charge is 0.465 e. The zero-order chi connectivity index (χ0) is 13.0. The molecule has 0 aliphatic carbocycles. The predicted molar refractivity (Wildman–Crippen MR) is 61.8 cm³/mol. The molecule has 2 aromatic rings. The summed E-state index contributed by atoms with van der Waals surface area (Å²) in [6.07, 6.45) is 1.58. The average molecular weight is 248 g/mol. The Bertz CT molecular complexity index is 527. The standard InChI is InChI=1S/C10H12N6O2/c1-6(8-13-15-16-14-8)12-9-7(10(17)18-2)4-3-5-11-9/h3-6H,1-2H3,(H,11,12)(H,13,14,15,16). The Balaban J connectivity index is 2.21. The Hall–Kier alpha value is -2.51. The van der Waals surface area contributed by atoms with E-state index in [-0.39, 0.29) is 6.04 Å². The average Bonchev–Trinajstić information content (AvgIpc) is 2.92. The van der Waals surface area contributed by atoms with E-state index in [4.69, 9.17) is 0 Å². The van der Waals surface area contributed by atoms with E-state index in [2.05, 4.69) is 35.7 Å². The lowest BCUT2D eigenvalue weighted by molar-refractivity contribution is 0.0601. The molecule has 0 saturated heterocycles. The van der Waals surface area contributed by atoms with Crippen molar-refractivity contribution in [2.24, 2.45) is 0 Å². The van der Waals surface area contributed by atoms with Gasteiger partial charge in [0.25, 0.3) is 0 Å². The van der Waals surface area contributed by atoms with E-state index < -0.39 is 5.97 Å². The molecule has 2 heterocycles. The van der Waals surface area contributed by atoms with Crippen molar-refractivity contribution in [2.75, 3.05) is 12.4 Å². The number of methoxy groups -OCH3 is 1. The quantitative estimate of drug-likeness (QED) is 0.761. The van der Waals surface area contributed by atoms with Crippen molar-refractivity contribution in [1.29, 1.82) is 0 Å². The number of anilines is 1. The van der Waals surface area contributed by atoms with Crippen LogP contribution in [0.25, 0.3) is 0 Å². The number of hydrogen-bond donors (Lipinski definition) is 2. The number of esters is 1. The van der Waals surface area contributed by atoms with Crippen molar-refractivity contribution >= 4 is 11.8 Å². The fourth-order valence-corrected chi connectivity index (χ4v) is 1.42. The van der Waals surface area contributed by atoms with E-state index >= 15 is 0 Å². The third kappa shape index (κ3) is 2.42. The zero-order valence-corrected chi connectivity index (χ0v) is 9.91. The van der Waals surface area contributed by atoms with Gasteiger partial charge in [-0.2, -0.15) is 5.21 Å². The molecule has 0 aliphatic rings. The van der Waals surface area contributed by atoms with Crippen molar-refractivity contribution in [2.45, 2.75) is 13.0 Å². The van der Waals surface area contributed by atoms with Crippen LogP contribution in [0.3, 0.4) is 0 Å². The van der Waals surface area contributed by atoms with E-state index in [9.17, 15) is 4.79 Å². The lowest BCUT2D eigenvalue weighted by atomic mass is 10.2. The molecule has 0 spiro atoms. The maximum Gasteiger partial charge on any atom is 0.341 e. The zero-order valence-electron chi connectivity index (χ0n) is 9.91. The van der Waals surface area contributed by atoms with Crippen molar-refractivity contribution in [3.8, 4) is 0 Å². The van der Waals surface area contributed by atoms with E-state index in [1.165, 1.54) is 7.11 Å². The highest BCUT2D eigenvalue weighted by molar-refractivity contribution is 5.94. The van der Waals surface area contributed by atoms with Gasteiger partial charge in [0.15, 0.2) is 5.82 Å². The molecular formula is C10H12N6O2. The van der Waals surface area contributed by atoms with Crippen LogP contribution in [0.15, 0.2) is 18.3 Å². The smallest absolute Gasteiger partial charge is 0.341 e. The first-order chi connectivity index (χ1) is 8.72. The van der Waals surface area contributed by atoms with Gasteiger partial charge < -0.3 is 10.1 Å². The molecule has 0 fully saturated rings. The van der Waals surface area contributed by atoms with Gasteiger partial charge in [-0.1, -0.05) is 5.21 Å². The number of nitrogens with zero attached hydrogens (tertiary/aromatic N) is 4. The number of ether oxygens (including phenoxy) is 1. The fourth-order valence-electron chi connectivity index (χ4n) is 1.42. The first-order valence-corrected chi connectivity index (χ1v) is 5.25. The molecule has 18 heavy (non-hydrogen) atoms. The minimum Gasteiger partial charge on any atom is -0.465 e. The summed E-state index contributed by atoms with van der Waals surface area (Å²) in [6, 6.07) is 3.06. The third-order valence-electron chi connectivity index (χ3n) is 2.32. The molecule has 0 bridgehead atoms. The molecule has 0 aliphatic heterocycles. The number of nitrogens with one attached hydrogen (secondary N) is 2. The number of carbonyl (C=O) groups excluding carboxylic acids is 1. The van der Waals surface area contributed by atoms with Crippen LogP contribution in [0.4, 0.5) is 5.82 Å². The second kappa shape index (κ2) is 5.21. The van der Waals surface area contributed by atoms with Crippen molar-refractivity contribution < 1.29 is 9.53 Å². The van der Waals surface area contributed by atoms with Crippen LogP contribution in [-0.2, 0) is 4.74 Å². The maximum atomic E-state index is 11.6. The highest BCUT2D eigenvalue weighted by Gasteiger charge is 2.16. The molecule has 8 heteroatoms. The van der Waals surface area contributed by atoms with Gasteiger partial charge in [-0.3, -0.25) is 0 Å². The minimum atomic E-state index is -0.453. The van der Waals surface area contributed by atoms with Crippen LogP contribution < -0.4 is 5.32 Å². The van der Waals surface area contributed by atoms with Crippen LogP contribution >= 0.6 is 0 Å². The highest BCUT2D eigenvalue weighted by atomic mass is 16.5. The van der Waals surface area contributed by atoms with Crippen molar-refractivity contribution in [3.63, 3.8) is 0 Å². The Labute approximate surface area is 103 Å². The maximum absolute atomic E-state index is 11.6. The monoisotopic (exact) mass is 248 g/mol. The van der Waals surface area contributed by atoms with Gasteiger partial charge in [0, 0.05) is 6.20 Å². The second-order valence-corrected chi connectivity index (χ2v) is 3.53. The van der Waals surface area contributed by atoms with Gasteiger partial charge >= 0.3 is 5.97 Å². The molecule has 0 amide bonds. The lowest BCUT2D eigenvalue weighted by Gasteiger charge is -2.12. The summed E-state index contributed by atoms with van der Waals surface area (Å²) in [5.74, 6) is 0.448. The van der Waals surface area contributed by atoms with Gasteiger partial charge in [0.05, 0.1) is 13.2 Å². The van der Waals surface area contributed by atoms with Crippen LogP contribution in [0.1, 0.15) is 29.1 Å². The lowest BCUT2D eigenvalue weighted by Crippen LogP contribution is -2.14. The summed E-state index contributed by atoms with van der Waals surface area (Å²) in [4.78, 5) is 15.6. The molecule has 2 rings (SSSR count). The van der Waals surface area contributed by atoms with Crippen molar-refractivity contribution in [3.05, 3.63) is 29.7 Å². The SMILES string of the molecule is COC(=O)c1cccnc1NC(C)c1nn[nH]n1. The van der Waals surface area contributed by atoms with Gasteiger partial charge in [-0.15, -0.1) is 10.2 Å². The Morgan fingerprint density at radius 2 is 2.39 bits per heavy atom. The summed E-state index contributed by atoms with van der Waals surface area (Å²) in [6.45, 7) is 1.83. The van der Waals surface area contributed by atoms with Crippen molar-refractivity contribution in [1.82, 2.24) is 25.6 Å². The van der Waals surface area contributed by atoms with Gasteiger partial charge in [-0.05, 0) is 19.1 Å². The van der Waals surface area contributed by atoms with E-state index in [1.54, 1.807) is 18.3 Å². The summed E-state index contributed by atoms with van der Waals surface area (Å²) in [5.41, 5.74) is 0.357. The summed E-state index contributed by atoms with van der Waals surface area (Å²) >= 11 is 0. The number of aromatic nitrogens is 5. The first kappa shape index (κ1) is 12.0. The van der Waals surface area contributed by atoms with Gasteiger partial charge in [0.2, 0.25) is 0 Å². The number of H-pyrrole nitrogens is 1. The number of tetrazole rings is 1. The normalized spacial score (nSPS) is 11.9. The van der Waals surface area contributed by atoms with E-state index in [0.29, 0.717) is 17.2 Å². The molecule has 0 aromatic carbocycles. The van der Waals surface area contributed by atoms with Crippen LogP contribution in [0, 0.1) is 0 Å². The molecular weight excluding hydrogens is 236 g/mol. The summed E-state index contributed by atoms with van der Waals surface area (Å²) in [7, 11) is 1.32. The molecule has 94 valence electrons. The predicted octanol–water partition coefficient (Wildman–Crippen LogP) is 0.554. The number of hydrogen-bond acceptors (Lipinski definition) is 7. The van der Waals surface area contributed by atoms with Crippen LogP contribution in [-0.4, -0.2) is 38.7 Å². The number of aromatic amines is 1. The Kier molecular flexibility index (Phi) is 3.46. The second-order valence-electron chi connectivity index (χ2n) is 3.53. The molecule has 1 unspecified atom stereocenters. The molecule has 2 N–H and O–H groups in total. The Morgan fingerprint density at radius 1 is 1.56 bits per heavy atom. The minimum absolute atomic E-state index is 0.234. The Morgan fingerprint density at radius 3 is 3.06 bits per heavy atom. The highest BCUT2D eigenvalue weighted by Crippen LogP contribution is 2.18. The molecule has 1 atom stereocenters. The molecule has 0 saturated carbocycles. The molecule has 8 nitrogen and oxygen atoms in total. The summed E-state index contributed by atoms with van der Waals surface area (Å²) in [5, 5.41) is 16.6. The fraction of sp³-hybridized carbons (Fsp3) is 0.300. The topological polar surface area (TPSA) is 106 Å². The van der Waals surface area contributed by atoms with E-state index in [0.717, 1.165) is 0 Å². The number of pyridine rings is 1. The van der Waals surface area contributed by atoms with Gasteiger partial charge in [-0.25, -0.2) is 9.78 Å². The van der Waals surface area contributed by atoms with Crippen LogP contribution in [0.2, 0.25) is 0 Å².